The van der Waals surface area contributed by atoms with Gasteiger partial charge in [-0.15, -0.1) is 0 Å². The lowest BCUT2D eigenvalue weighted by Crippen LogP contribution is -2.53. The second-order valence-electron chi connectivity index (χ2n) is 6.10. The summed E-state index contributed by atoms with van der Waals surface area (Å²) in [4.78, 5) is 30.0. The van der Waals surface area contributed by atoms with E-state index in [1.54, 1.807) is 9.80 Å². The molecule has 0 radical (unpaired) electrons. The van der Waals surface area contributed by atoms with Crippen LogP contribution in [0.4, 0.5) is 10.5 Å². The van der Waals surface area contributed by atoms with E-state index in [9.17, 15) is 9.59 Å². The Balaban J connectivity index is 1.42. The highest BCUT2D eigenvalue weighted by Crippen LogP contribution is 2.19. The van der Waals surface area contributed by atoms with Gasteiger partial charge >= 0.3 is 6.03 Å². The third-order valence-corrected chi connectivity index (χ3v) is 4.77. The maximum Gasteiger partial charge on any atom is 0.317 e. The largest absolute Gasteiger partial charge is 0.378 e. The van der Waals surface area contributed by atoms with Crippen LogP contribution in [-0.2, 0) is 9.53 Å². The lowest BCUT2D eigenvalue weighted by Gasteiger charge is -2.36. The SMILES string of the molecule is O=C(CNC(=O)N1CCN(c2ccc(Cl)cc2)CC1)N1CCOCC1. The quantitative estimate of drug-likeness (QED) is 0.867. The summed E-state index contributed by atoms with van der Waals surface area (Å²) in [7, 11) is 0. The van der Waals surface area contributed by atoms with Gasteiger partial charge in [0.2, 0.25) is 5.91 Å². The Morgan fingerprint density at radius 1 is 0.960 bits per heavy atom. The van der Waals surface area contributed by atoms with Crippen LogP contribution in [0.1, 0.15) is 0 Å². The Morgan fingerprint density at radius 2 is 1.60 bits per heavy atom. The number of anilines is 1. The van der Waals surface area contributed by atoms with Gasteiger partial charge in [-0.3, -0.25) is 4.79 Å². The minimum absolute atomic E-state index is 0.0379. The van der Waals surface area contributed by atoms with Gasteiger partial charge in [0.1, 0.15) is 0 Å². The first-order valence-electron chi connectivity index (χ1n) is 8.52. The molecule has 3 rings (SSSR count). The molecular formula is C17H23ClN4O3. The Bertz CT molecular complexity index is 596. The number of carbonyl (C=O) groups is 2. The molecule has 2 aliphatic rings. The minimum atomic E-state index is -0.183. The number of benzene rings is 1. The van der Waals surface area contributed by atoms with Gasteiger partial charge in [-0.25, -0.2) is 4.79 Å². The van der Waals surface area contributed by atoms with Gasteiger partial charge in [-0.05, 0) is 24.3 Å². The summed E-state index contributed by atoms with van der Waals surface area (Å²) in [6.45, 7) is 5.11. The second kappa shape index (κ2) is 8.40. The molecule has 0 aromatic heterocycles. The van der Waals surface area contributed by atoms with Crippen molar-refractivity contribution < 1.29 is 14.3 Å². The van der Waals surface area contributed by atoms with E-state index >= 15 is 0 Å². The summed E-state index contributed by atoms with van der Waals surface area (Å²) in [5, 5.41) is 3.45. The number of hydrogen-bond donors (Lipinski definition) is 1. The molecule has 0 aliphatic carbocycles. The number of halogens is 1. The fourth-order valence-electron chi connectivity index (χ4n) is 3.01. The fourth-order valence-corrected chi connectivity index (χ4v) is 3.13. The molecule has 8 heteroatoms. The molecule has 1 aromatic carbocycles. The van der Waals surface area contributed by atoms with Crippen molar-refractivity contribution >= 4 is 29.2 Å². The number of hydrogen-bond acceptors (Lipinski definition) is 4. The number of urea groups is 1. The lowest BCUT2D eigenvalue weighted by atomic mass is 10.2. The summed E-state index contributed by atoms with van der Waals surface area (Å²) in [6.07, 6.45) is 0. The average Bonchev–Trinajstić information content (AvgIpc) is 2.67. The molecule has 2 fully saturated rings. The maximum absolute atomic E-state index is 12.3. The lowest BCUT2D eigenvalue weighted by molar-refractivity contribution is -0.134. The number of piperazine rings is 1. The number of nitrogens with one attached hydrogen (secondary N) is 1. The van der Waals surface area contributed by atoms with E-state index in [4.69, 9.17) is 16.3 Å². The van der Waals surface area contributed by atoms with E-state index in [2.05, 4.69) is 10.2 Å². The molecule has 25 heavy (non-hydrogen) atoms. The summed E-state index contributed by atoms with van der Waals surface area (Å²) >= 11 is 5.91. The molecule has 0 atom stereocenters. The first-order chi connectivity index (χ1) is 12.1. The first kappa shape index (κ1) is 17.8. The van der Waals surface area contributed by atoms with Crippen LogP contribution < -0.4 is 10.2 Å². The van der Waals surface area contributed by atoms with E-state index in [1.807, 2.05) is 24.3 Å². The maximum atomic E-state index is 12.3. The van der Waals surface area contributed by atoms with Crippen molar-refractivity contribution in [3.05, 3.63) is 29.3 Å². The number of rotatable bonds is 3. The molecule has 1 aromatic rings. The first-order valence-corrected chi connectivity index (χ1v) is 8.90. The van der Waals surface area contributed by atoms with Crippen LogP contribution in [0, 0.1) is 0 Å². The molecule has 1 N–H and O–H groups in total. The van der Waals surface area contributed by atoms with Crippen LogP contribution in [0.3, 0.4) is 0 Å². The normalized spacial score (nSPS) is 18.2. The molecule has 136 valence electrons. The van der Waals surface area contributed by atoms with Crippen LogP contribution in [-0.4, -0.2) is 80.8 Å². The number of ether oxygens (including phenoxy) is 1. The molecule has 7 nitrogen and oxygen atoms in total. The number of amides is 3. The zero-order valence-corrected chi connectivity index (χ0v) is 14.9. The summed E-state index contributed by atoms with van der Waals surface area (Å²) in [6, 6.07) is 7.52. The van der Waals surface area contributed by atoms with Crippen molar-refractivity contribution in [3.63, 3.8) is 0 Å². The van der Waals surface area contributed by atoms with Crippen LogP contribution in [0.25, 0.3) is 0 Å². The van der Waals surface area contributed by atoms with E-state index < -0.39 is 0 Å². The molecule has 3 amide bonds. The van der Waals surface area contributed by atoms with E-state index in [1.165, 1.54) is 0 Å². The monoisotopic (exact) mass is 366 g/mol. The van der Waals surface area contributed by atoms with Gasteiger partial charge in [0.05, 0.1) is 19.8 Å². The predicted molar refractivity (Wildman–Crippen MR) is 96.0 cm³/mol. The van der Waals surface area contributed by atoms with Gasteiger partial charge in [0.25, 0.3) is 0 Å². The summed E-state index contributed by atoms with van der Waals surface area (Å²) < 4.78 is 5.22. The van der Waals surface area contributed by atoms with Crippen molar-refractivity contribution in [2.24, 2.45) is 0 Å². The highest BCUT2D eigenvalue weighted by Gasteiger charge is 2.23. The summed E-state index contributed by atoms with van der Waals surface area (Å²) in [5.41, 5.74) is 1.10. The van der Waals surface area contributed by atoms with Crippen molar-refractivity contribution in [1.82, 2.24) is 15.1 Å². The van der Waals surface area contributed by atoms with Crippen molar-refractivity contribution in [1.29, 1.82) is 0 Å². The molecule has 2 aliphatic heterocycles. The predicted octanol–water partition coefficient (Wildman–Crippen LogP) is 1.03. The topological polar surface area (TPSA) is 65.1 Å². The summed E-state index contributed by atoms with van der Waals surface area (Å²) in [5.74, 6) is -0.0588. The third-order valence-electron chi connectivity index (χ3n) is 4.51. The third kappa shape index (κ3) is 4.76. The number of carbonyl (C=O) groups excluding carboxylic acids is 2. The van der Waals surface area contributed by atoms with Gasteiger partial charge in [0.15, 0.2) is 0 Å². The smallest absolute Gasteiger partial charge is 0.317 e. The van der Waals surface area contributed by atoms with Crippen LogP contribution in [0.2, 0.25) is 5.02 Å². The van der Waals surface area contributed by atoms with Crippen molar-refractivity contribution in [3.8, 4) is 0 Å². The van der Waals surface area contributed by atoms with E-state index in [0.29, 0.717) is 44.4 Å². The number of morpholine rings is 1. The number of nitrogens with zero attached hydrogens (tertiary/aromatic N) is 3. The van der Waals surface area contributed by atoms with E-state index in [0.717, 1.165) is 18.8 Å². The molecule has 2 saturated heterocycles. The van der Waals surface area contributed by atoms with Gasteiger partial charge in [-0.1, -0.05) is 11.6 Å². The van der Waals surface area contributed by atoms with Crippen LogP contribution >= 0.6 is 11.6 Å². The standard InChI is InChI=1S/C17H23ClN4O3/c18-14-1-3-15(4-2-14)20-5-7-22(8-6-20)17(24)19-13-16(23)21-9-11-25-12-10-21/h1-4H,5-13H2,(H,19,24). The van der Waals surface area contributed by atoms with Gasteiger partial charge in [-0.2, -0.15) is 0 Å². The zero-order chi connectivity index (χ0) is 17.6. The second-order valence-corrected chi connectivity index (χ2v) is 6.54. The van der Waals surface area contributed by atoms with Gasteiger partial charge < -0.3 is 24.8 Å². The van der Waals surface area contributed by atoms with Crippen LogP contribution in [0.15, 0.2) is 24.3 Å². The Labute approximate surface area is 152 Å². The highest BCUT2D eigenvalue weighted by atomic mass is 35.5. The molecule has 0 saturated carbocycles. The highest BCUT2D eigenvalue weighted by molar-refractivity contribution is 6.30. The molecule has 0 spiro atoms. The molecular weight excluding hydrogens is 344 g/mol. The van der Waals surface area contributed by atoms with Gasteiger partial charge in [0, 0.05) is 50.0 Å². The molecule has 0 bridgehead atoms. The molecule has 2 heterocycles. The minimum Gasteiger partial charge on any atom is -0.378 e. The fraction of sp³-hybridized carbons (Fsp3) is 0.529. The van der Waals surface area contributed by atoms with Crippen molar-refractivity contribution in [2.75, 3.05) is 63.9 Å². The zero-order valence-electron chi connectivity index (χ0n) is 14.1. The molecule has 0 unspecified atom stereocenters. The average molecular weight is 367 g/mol. The van der Waals surface area contributed by atoms with Crippen molar-refractivity contribution in [2.45, 2.75) is 0 Å². The Kier molecular flexibility index (Phi) is 5.99. The van der Waals surface area contributed by atoms with Crippen LogP contribution in [0.5, 0.6) is 0 Å². The Hall–Kier alpha value is -1.99. The Morgan fingerprint density at radius 3 is 2.24 bits per heavy atom. The van der Waals surface area contributed by atoms with E-state index in [-0.39, 0.29) is 18.5 Å².